The number of ether oxygens (including phenoxy) is 1. The number of rotatable bonds is 4. The Morgan fingerprint density at radius 2 is 2.10 bits per heavy atom. The molecule has 0 spiro atoms. The van der Waals surface area contributed by atoms with Gasteiger partial charge in [-0.1, -0.05) is 17.7 Å². The molecule has 2 aliphatic heterocycles. The van der Waals surface area contributed by atoms with Crippen LogP contribution in [0.2, 0.25) is 5.02 Å². The second-order valence-electron chi connectivity index (χ2n) is 7.00. The highest BCUT2D eigenvalue weighted by atomic mass is 35.5. The molecule has 0 unspecified atom stereocenters. The van der Waals surface area contributed by atoms with Crippen LogP contribution in [0.15, 0.2) is 24.3 Å². The summed E-state index contributed by atoms with van der Waals surface area (Å²) in [6, 6.07) is 6.74. The van der Waals surface area contributed by atoms with Gasteiger partial charge in [0.05, 0.1) is 29.0 Å². The molecule has 2 aliphatic rings. The summed E-state index contributed by atoms with van der Waals surface area (Å²) in [5, 5.41) is 9.85. The number of sulfone groups is 1. The predicted molar refractivity (Wildman–Crippen MR) is 106 cm³/mol. The number of hydrogen-bond donors (Lipinski definition) is 2. The number of nitrogens with one attached hydrogen (secondary N) is 2. The van der Waals surface area contributed by atoms with Gasteiger partial charge >= 0.3 is 11.8 Å². The van der Waals surface area contributed by atoms with Gasteiger partial charge in [-0.05, 0) is 31.0 Å². The van der Waals surface area contributed by atoms with E-state index < -0.39 is 21.7 Å². The molecule has 2 aromatic rings. The van der Waals surface area contributed by atoms with Gasteiger partial charge < -0.3 is 15.4 Å². The maximum absolute atomic E-state index is 12.4. The molecule has 1 aromatic heterocycles. The fourth-order valence-electron chi connectivity index (χ4n) is 3.42. The summed E-state index contributed by atoms with van der Waals surface area (Å²) >= 11 is 6.05. The van der Waals surface area contributed by atoms with Crippen molar-refractivity contribution in [1.29, 1.82) is 0 Å². The lowest BCUT2D eigenvalue weighted by atomic mass is 10.2. The normalized spacial score (nSPS) is 19.7. The van der Waals surface area contributed by atoms with Gasteiger partial charge in [0.1, 0.15) is 5.82 Å². The van der Waals surface area contributed by atoms with E-state index in [0.717, 1.165) is 12.8 Å². The van der Waals surface area contributed by atoms with Crippen molar-refractivity contribution in [2.24, 2.45) is 0 Å². The summed E-state index contributed by atoms with van der Waals surface area (Å²) in [5.41, 5.74) is 1.27. The number of anilines is 1. The summed E-state index contributed by atoms with van der Waals surface area (Å²) in [7, 11) is -3.34. The lowest BCUT2D eigenvalue weighted by Gasteiger charge is -2.13. The Kier molecular flexibility index (Phi) is 5.32. The van der Waals surface area contributed by atoms with Crippen LogP contribution in [-0.2, 0) is 35.7 Å². The predicted octanol–water partition coefficient (Wildman–Crippen LogP) is 1.19. The van der Waals surface area contributed by atoms with Crippen LogP contribution in [0.25, 0.3) is 5.69 Å². The third kappa shape index (κ3) is 4.29. The molecule has 11 heteroatoms. The smallest absolute Gasteiger partial charge is 0.314 e. The Bertz CT molecular complexity index is 1080. The fourth-order valence-corrected chi connectivity index (χ4v) is 5.10. The molecule has 3 heterocycles. The van der Waals surface area contributed by atoms with Gasteiger partial charge in [-0.15, -0.1) is 0 Å². The first-order valence-corrected chi connectivity index (χ1v) is 11.3. The lowest BCUT2D eigenvalue weighted by Crippen LogP contribution is -2.39. The van der Waals surface area contributed by atoms with Crippen LogP contribution in [0, 0.1) is 0 Å². The number of fused-ring (bicyclic) bond motifs is 1. The summed E-state index contributed by atoms with van der Waals surface area (Å²) in [6.45, 7) is 0.887. The van der Waals surface area contributed by atoms with Crippen LogP contribution in [0.3, 0.4) is 0 Å². The van der Waals surface area contributed by atoms with Gasteiger partial charge in [0.2, 0.25) is 0 Å². The Hall–Kier alpha value is -2.43. The maximum atomic E-state index is 12.4. The molecule has 1 atom stereocenters. The number of aromatic nitrogens is 2. The molecule has 4 rings (SSSR count). The van der Waals surface area contributed by atoms with Crippen molar-refractivity contribution in [3.63, 3.8) is 0 Å². The first-order chi connectivity index (χ1) is 13.8. The Balaban J connectivity index is 1.58. The number of nitrogens with zero attached hydrogens (tertiary/aromatic N) is 2. The molecule has 154 valence electrons. The Morgan fingerprint density at radius 3 is 2.83 bits per heavy atom. The van der Waals surface area contributed by atoms with Crippen LogP contribution < -0.4 is 10.6 Å². The highest BCUT2D eigenvalue weighted by Crippen LogP contribution is 2.33. The van der Waals surface area contributed by atoms with Crippen LogP contribution >= 0.6 is 11.6 Å². The minimum absolute atomic E-state index is 0.0990. The van der Waals surface area contributed by atoms with Gasteiger partial charge in [0.25, 0.3) is 0 Å². The molecule has 2 amide bonds. The van der Waals surface area contributed by atoms with Gasteiger partial charge in [-0.3, -0.25) is 9.59 Å². The topological polar surface area (TPSA) is 119 Å². The highest BCUT2D eigenvalue weighted by molar-refractivity contribution is 7.90. The number of carbonyl (C=O) groups is 2. The van der Waals surface area contributed by atoms with E-state index in [1.54, 1.807) is 24.3 Å². The van der Waals surface area contributed by atoms with Crippen molar-refractivity contribution < 1.29 is 22.7 Å². The fraction of sp³-hybridized carbons (Fsp3) is 0.389. The summed E-state index contributed by atoms with van der Waals surface area (Å²) in [4.78, 5) is 24.7. The molecule has 0 aliphatic carbocycles. The summed E-state index contributed by atoms with van der Waals surface area (Å²) < 4.78 is 30.8. The second kappa shape index (κ2) is 7.77. The van der Waals surface area contributed by atoms with Gasteiger partial charge in [-0.25, -0.2) is 13.1 Å². The molecule has 1 fully saturated rings. The molecular weight excluding hydrogens is 420 g/mol. The maximum Gasteiger partial charge on any atom is 0.314 e. The zero-order valence-corrected chi connectivity index (χ0v) is 16.9. The van der Waals surface area contributed by atoms with Crippen molar-refractivity contribution in [3.8, 4) is 5.69 Å². The van der Waals surface area contributed by atoms with Crippen LogP contribution in [0.5, 0.6) is 0 Å². The van der Waals surface area contributed by atoms with E-state index in [-0.39, 0.29) is 30.0 Å². The van der Waals surface area contributed by atoms with Crippen LogP contribution in [-0.4, -0.2) is 49.3 Å². The molecule has 29 heavy (non-hydrogen) atoms. The SMILES string of the molecule is O=C(NC[C@@H]1CCCO1)C(=O)Nc1c2c(nn1-c1cccc(Cl)c1)CS(=O)(=O)C2. The van der Waals surface area contributed by atoms with E-state index >= 15 is 0 Å². The zero-order chi connectivity index (χ0) is 20.6. The van der Waals surface area contributed by atoms with Crippen molar-refractivity contribution in [2.75, 3.05) is 18.5 Å². The Morgan fingerprint density at radius 1 is 1.28 bits per heavy atom. The van der Waals surface area contributed by atoms with Gasteiger partial charge in [0, 0.05) is 23.7 Å². The third-order valence-electron chi connectivity index (χ3n) is 4.79. The molecule has 1 aromatic carbocycles. The van der Waals surface area contributed by atoms with Crippen molar-refractivity contribution in [2.45, 2.75) is 30.5 Å². The molecular formula is C18H19ClN4O5S. The molecule has 0 radical (unpaired) electrons. The zero-order valence-electron chi connectivity index (χ0n) is 15.4. The molecule has 0 bridgehead atoms. The lowest BCUT2D eigenvalue weighted by molar-refractivity contribution is -0.136. The summed E-state index contributed by atoms with van der Waals surface area (Å²) in [6.07, 6.45) is 1.65. The van der Waals surface area contributed by atoms with Crippen LogP contribution in [0.1, 0.15) is 24.1 Å². The average molecular weight is 439 g/mol. The number of hydrogen-bond acceptors (Lipinski definition) is 6. The van der Waals surface area contributed by atoms with Crippen molar-refractivity contribution >= 4 is 39.1 Å². The van der Waals surface area contributed by atoms with Gasteiger partial charge in [0.15, 0.2) is 9.84 Å². The molecule has 1 saturated heterocycles. The van der Waals surface area contributed by atoms with E-state index in [4.69, 9.17) is 16.3 Å². The van der Waals surface area contributed by atoms with E-state index in [0.29, 0.717) is 28.6 Å². The van der Waals surface area contributed by atoms with Crippen molar-refractivity contribution in [3.05, 3.63) is 40.5 Å². The third-order valence-corrected chi connectivity index (χ3v) is 6.47. The molecule has 9 nitrogen and oxygen atoms in total. The minimum atomic E-state index is -3.34. The number of carbonyl (C=O) groups excluding carboxylic acids is 2. The molecule has 2 N–H and O–H groups in total. The second-order valence-corrected chi connectivity index (χ2v) is 9.50. The highest BCUT2D eigenvalue weighted by Gasteiger charge is 2.34. The first kappa shape index (κ1) is 19.9. The van der Waals surface area contributed by atoms with Gasteiger partial charge in [-0.2, -0.15) is 5.10 Å². The largest absolute Gasteiger partial charge is 0.376 e. The monoisotopic (exact) mass is 438 g/mol. The molecule has 0 saturated carbocycles. The van der Waals surface area contributed by atoms with Crippen molar-refractivity contribution in [1.82, 2.24) is 15.1 Å². The Labute approximate surface area is 172 Å². The van der Waals surface area contributed by atoms with Crippen LogP contribution in [0.4, 0.5) is 5.82 Å². The number of halogens is 1. The van der Waals surface area contributed by atoms with E-state index in [1.807, 2.05) is 0 Å². The van der Waals surface area contributed by atoms with E-state index in [1.165, 1.54) is 4.68 Å². The standard InChI is InChI=1S/C18H19ClN4O5S/c19-11-3-1-4-12(7-11)23-16(14-9-29(26,27)10-15(14)22-23)21-18(25)17(24)20-8-13-5-2-6-28-13/h1,3-4,7,13H,2,5-6,8-10H2,(H,20,24)(H,21,25)/t13-/m0/s1. The van der Waals surface area contributed by atoms with E-state index in [2.05, 4.69) is 15.7 Å². The quantitative estimate of drug-likeness (QED) is 0.692. The minimum Gasteiger partial charge on any atom is -0.376 e. The van der Waals surface area contributed by atoms with E-state index in [9.17, 15) is 18.0 Å². The summed E-state index contributed by atoms with van der Waals surface area (Å²) in [5.74, 6) is -2.05. The number of benzene rings is 1. The average Bonchev–Trinajstić information content (AvgIpc) is 3.35. The number of amides is 2. The first-order valence-electron chi connectivity index (χ1n) is 9.10.